The molecule has 0 unspecified atom stereocenters. The normalized spacial score (nSPS) is 11.5. The van der Waals surface area contributed by atoms with Crippen LogP contribution in [0.4, 0.5) is 5.69 Å². The molecule has 5 heteroatoms. The molecule has 0 bridgehead atoms. The van der Waals surface area contributed by atoms with E-state index in [0.29, 0.717) is 6.42 Å². The molecule has 1 aromatic carbocycles. The Balaban J connectivity index is 3.11. The van der Waals surface area contributed by atoms with E-state index in [2.05, 4.69) is 0 Å². The van der Waals surface area contributed by atoms with Crippen LogP contribution in [-0.4, -0.2) is 29.1 Å². The van der Waals surface area contributed by atoms with Gasteiger partial charge in [0.15, 0.2) is 0 Å². The molecule has 0 spiro atoms. The first kappa shape index (κ1) is 14.0. The third kappa shape index (κ3) is 3.44. The van der Waals surface area contributed by atoms with Crippen LogP contribution in [0.25, 0.3) is 0 Å². The molecule has 96 valence electrons. The van der Waals surface area contributed by atoms with Crippen LogP contribution in [0, 0.1) is 6.92 Å². The average molecular weight is 257 g/mol. The fourth-order valence-corrected chi connectivity index (χ4v) is 2.50. The number of hydrogen-bond acceptors (Lipinski definition) is 4. The molecule has 0 aliphatic heterocycles. The Labute approximate surface area is 103 Å². The third-order valence-electron chi connectivity index (χ3n) is 2.39. The van der Waals surface area contributed by atoms with E-state index >= 15 is 0 Å². The topological polar surface area (TPSA) is 46.6 Å². The molecule has 0 fully saturated rings. The first-order valence-corrected chi connectivity index (χ1v) is 6.96. The Morgan fingerprint density at radius 2 is 1.94 bits per heavy atom. The molecule has 1 rings (SSSR count). The molecule has 0 saturated heterocycles. The predicted octanol–water partition coefficient (Wildman–Crippen LogP) is 2.18. The molecule has 0 atom stereocenters. The maximum Gasteiger partial charge on any atom is 0.297 e. The fraction of sp³-hybridized carbons (Fsp3) is 0.500. The summed E-state index contributed by atoms with van der Waals surface area (Å²) in [6.45, 7) is 4.03. The summed E-state index contributed by atoms with van der Waals surface area (Å²) in [5, 5.41) is 0. The van der Waals surface area contributed by atoms with Gasteiger partial charge in [-0.25, -0.2) is 0 Å². The van der Waals surface area contributed by atoms with Gasteiger partial charge in [0, 0.05) is 19.8 Å². The number of aryl methyl sites for hydroxylation is 1. The third-order valence-corrected chi connectivity index (χ3v) is 3.70. The molecular weight excluding hydrogens is 238 g/mol. The molecule has 0 saturated carbocycles. The van der Waals surface area contributed by atoms with Crippen LogP contribution in [0.2, 0.25) is 0 Å². The van der Waals surface area contributed by atoms with Crippen molar-refractivity contribution in [1.82, 2.24) is 0 Å². The number of nitrogens with zero attached hydrogens (tertiary/aromatic N) is 1. The van der Waals surface area contributed by atoms with Gasteiger partial charge in [-0.3, -0.25) is 4.18 Å². The van der Waals surface area contributed by atoms with Crippen LogP contribution in [0.15, 0.2) is 23.1 Å². The quantitative estimate of drug-likeness (QED) is 0.758. The van der Waals surface area contributed by atoms with Gasteiger partial charge >= 0.3 is 0 Å². The number of anilines is 1. The zero-order chi connectivity index (χ0) is 13.1. The number of rotatable bonds is 5. The minimum absolute atomic E-state index is 0.209. The second-order valence-corrected chi connectivity index (χ2v) is 5.73. The first-order chi connectivity index (χ1) is 7.88. The van der Waals surface area contributed by atoms with Crippen LogP contribution in [0.5, 0.6) is 0 Å². The summed E-state index contributed by atoms with van der Waals surface area (Å²) in [5.41, 5.74) is 1.91. The van der Waals surface area contributed by atoms with E-state index in [4.69, 9.17) is 4.18 Å². The highest BCUT2D eigenvalue weighted by molar-refractivity contribution is 7.86. The predicted molar refractivity (Wildman–Crippen MR) is 68.9 cm³/mol. The van der Waals surface area contributed by atoms with Gasteiger partial charge in [-0.2, -0.15) is 8.42 Å². The van der Waals surface area contributed by atoms with E-state index in [9.17, 15) is 8.42 Å². The molecule has 0 aliphatic rings. The molecule has 0 heterocycles. The molecule has 0 aliphatic carbocycles. The van der Waals surface area contributed by atoms with Gasteiger partial charge in [0.25, 0.3) is 10.1 Å². The maximum absolute atomic E-state index is 11.8. The smallest absolute Gasteiger partial charge is 0.297 e. The molecular formula is C12H19NO3S. The van der Waals surface area contributed by atoms with Crippen LogP contribution < -0.4 is 4.90 Å². The van der Waals surface area contributed by atoms with Gasteiger partial charge in [0.05, 0.1) is 11.5 Å². The van der Waals surface area contributed by atoms with E-state index in [1.54, 1.807) is 18.2 Å². The highest BCUT2D eigenvalue weighted by Crippen LogP contribution is 2.23. The van der Waals surface area contributed by atoms with Gasteiger partial charge in [-0.1, -0.05) is 13.0 Å². The van der Waals surface area contributed by atoms with Crippen LogP contribution in [-0.2, 0) is 14.3 Å². The SMILES string of the molecule is CCCOS(=O)(=O)c1ccc(C)c(N(C)C)c1. The Morgan fingerprint density at radius 3 is 2.47 bits per heavy atom. The van der Waals surface area contributed by atoms with Crippen molar-refractivity contribution in [2.45, 2.75) is 25.2 Å². The largest absolute Gasteiger partial charge is 0.377 e. The minimum atomic E-state index is -3.62. The Bertz CT molecular complexity index is 481. The summed E-state index contributed by atoms with van der Waals surface area (Å²) < 4.78 is 28.6. The van der Waals surface area contributed by atoms with Gasteiger partial charge < -0.3 is 4.90 Å². The van der Waals surface area contributed by atoms with Crippen molar-refractivity contribution in [2.24, 2.45) is 0 Å². The maximum atomic E-state index is 11.8. The van der Waals surface area contributed by atoms with Crippen molar-refractivity contribution in [2.75, 3.05) is 25.6 Å². The summed E-state index contributed by atoms with van der Waals surface area (Å²) in [4.78, 5) is 2.09. The van der Waals surface area contributed by atoms with Crippen LogP contribution >= 0.6 is 0 Å². The van der Waals surface area contributed by atoms with Crippen molar-refractivity contribution in [3.05, 3.63) is 23.8 Å². The molecule has 0 aromatic heterocycles. The van der Waals surface area contributed by atoms with E-state index in [1.807, 2.05) is 32.8 Å². The van der Waals surface area contributed by atoms with Crippen molar-refractivity contribution in [1.29, 1.82) is 0 Å². The summed E-state index contributed by atoms with van der Waals surface area (Å²) >= 11 is 0. The van der Waals surface area contributed by atoms with E-state index < -0.39 is 10.1 Å². The lowest BCUT2D eigenvalue weighted by Gasteiger charge is -2.16. The zero-order valence-corrected chi connectivity index (χ0v) is 11.5. The van der Waals surface area contributed by atoms with Gasteiger partial charge in [-0.15, -0.1) is 0 Å². The highest BCUT2D eigenvalue weighted by atomic mass is 32.2. The summed E-state index contributed by atoms with van der Waals surface area (Å²) in [7, 11) is 0.139. The first-order valence-electron chi connectivity index (χ1n) is 5.56. The monoisotopic (exact) mass is 257 g/mol. The van der Waals surface area contributed by atoms with Gasteiger partial charge in [0.2, 0.25) is 0 Å². The Morgan fingerprint density at radius 1 is 1.29 bits per heavy atom. The Kier molecular flexibility index (Phi) is 4.54. The Hall–Kier alpha value is -1.07. The summed E-state index contributed by atoms with van der Waals surface area (Å²) in [5.74, 6) is 0. The average Bonchev–Trinajstić information content (AvgIpc) is 2.26. The standard InChI is InChI=1S/C12H19NO3S/c1-5-8-16-17(14,15)11-7-6-10(2)12(9-11)13(3)4/h6-7,9H,5,8H2,1-4H3. The lowest BCUT2D eigenvalue weighted by atomic mass is 10.2. The van der Waals surface area contributed by atoms with Gasteiger partial charge in [0.1, 0.15) is 0 Å². The molecule has 1 aromatic rings. The highest BCUT2D eigenvalue weighted by Gasteiger charge is 2.16. The van der Waals surface area contributed by atoms with Crippen molar-refractivity contribution < 1.29 is 12.6 Å². The lowest BCUT2D eigenvalue weighted by Crippen LogP contribution is -2.13. The fourth-order valence-electron chi connectivity index (χ4n) is 1.49. The molecule has 17 heavy (non-hydrogen) atoms. The zero-order valence-electron chi connectivity index (χ0n) is 10.7. The van der Waals surface area contributed by atoms with E-state index in [1.165, 1.54) is 0 Å². The van der Waals surface area contributed by atoms with E-state index in [-0.39, 0.29) is 11.5 Å². The molecule has 4 nitrogen and oxygen atoms in total. The number of benzene rings is 1. The summed E-state index contributed by atoms with van der Waals surface area (Å²) in [6, 6.07) is 5.01. The van der Waals surface area contributed by atoms with Gasteiger partial charge in [-0.05, 0) is 31.0 Å². The van der Waals surface area contributed by atoms with Crippen LogP contribution in [0.3, 0.4) is 0 Å². The molecule has 0 N–H and O–H groups in total. The van der Waals surface area contributed by atoms with Crippen LogP contribution in [0.1, 0.15) is 18.9 Å². The second kappa shape index (κ2) is 5.51. The molecule has 0 amide bonds. The van der Waals surface area contributed by atoms with E-state index in [0.717, 1.165) is 11.3 Å². The minimum Gasteiger partial charge on any atom is -0.377 e. The lowest BCUT2D eigenvalue weighted by molar-refractivity contribution is 0.318. The van der Waals surface area contributed by atoms with Crippen molar-refractivity contribution >= 4 is 15.8 Å². The van der Waals surface area contributed by atoms with Crippen molar-refractivity contribution in [3.8, 4) is 0 Å². The van der Waals surface area contributed by atoms with Crippen molar-refractivity contribution in [3.63, 3.8) is 0 Å². The molecule has 0 radical (unpaired) electrons. The number of hydrogen-bond donors (Lipinski definition) is 0. The second-order valence-electron chi connectivity index (χ2n) is 4.12. The summed E-state index contributed by atoms with van der Waals surface area (Å²) in [6.07, 6.45) is 0.672.